The third-order valence-electron chi connectivity index (χ3n) is 3.14. The highest BCUT2D eigenvalue weighted by Crippen LogP contribution is 2.08. The first-order valence-corrected chi connectivity index (χ1v) is 6.89. The Balaban J connectivity index is 1.99. The smallest absolute Gasteiger partial charge is 0.267 e. The quantitative estimate of drug-likeness (QED) is 0.844. The molecule has 0 aliphatic rings. The summed E-state index contributed by atoms with van der Waals surface area (Å²) < 4.78 is 1.95. The van der Waals surface area contributed by atoms with E-state index in [-0.39, 0.29) is 11.9 Å². The maximum atomic E-state index is 12.1. The van der Waals surface area contributed by atoms with Crippen molar-refractivity contribution in [2.24, 2.45) is 5.73 Å². The summed E-state index contributed by atoms with van der Waals surface area (Å²) in [5.41, 5.74) is 7.53. The number of carbonyl (C=O) groups excluding carboxylic acids is 1. The predicted octanol–water partition coefficient (Wildman–Crippen LogP) is 2.00. The minimum Gasteiger partial charge on any atom is -0.351 e. The predicted molar refractivity (Wildman–Crippen MR) is 80.6 cm³/mol. The average molecular weight is 271 g/mol. The highest BCUT2D eigenvalue weighted by molar-refractivity contribution is 5.92. The molecule has 106 valence electrons. The van der Waals surface area contributed by atoms with Gasteiger partial charge in [0.1, 0.15) is 5.69 Å². The van der Waals surface area contributed by atoms with Gasteiger partial charge in [0.15, 0.2) is 0 Å². The van der Waals surface area contributed by atoms with Crippen LogP contribution in [-0.4, -0.2) is 23.1 Å². The van der Waals surface area contributed by atoms with Crippen LogP contribution in [0.4, 0.5) is 0 Å². The molecule has 0 spiro atoms. The molecule has 0 fully saturated rings. The minimum atomic E-state index is -0.0495. The maximum Gasteiger partial charge on any atom is 0.267 e. The van der Waals surface area contributed by atoms with Gasteiger partial charge < -0.3 is 15.6 Å². The van der Waals surface area contributed by atoms with E-state index in [1.165, 1.54) is 5.56 Å². The number of amides is 1. The molecule has 3 N–H and O–H groups in total. The van der Waals surface area contributed by atoms with Crippen molar-refractivity contribution >= 4 is 5.91 Å². The first-order valence-electron chi connectivity index (χ1n) is 6.89. The molecule has 20 heavy (non-hydrogen) atoms. The highest BCUT2D eigenvalue weighted by Gasteiger charge is 2.10. The summed E-state index contributed by atoms with van der Waals surface area (Å²) in [7, 11) is 0. The van der Waals surface area contributed by atoms with Crippen molar-refractivity contribution in [1.29, 1.82) is 0 Å². The van der Waals surface area contributed by atoms with Crippen molar-refractivity contribution in [2.75, 3.05) is 6.54 Å². The summed E-state index contributed by atoms with van der Waals surface area (Å²) in [6.45, 7) is 3.24. The van der Waals surface area contributed by atoms with E-state index in [0.29, 0.717) is 18.8 Å². The Labute approximate surface area is 119 Å². The Morgan fingerprint density at radius 1 is 1.25 bits per heavy atom. The highest BCUT2D eigenvalue weighted by atomic mass is 16.1. The van der Waals surface area contributed by atoms with E-state index in [9.17, 15) is 4.79 Å². The molecular formula is C16H21N3O. The molecule has 0 aliphatic heterocycles. The molecule has 2 rings (SSSR count). The van der Waals surface area contributed by atoms with E-state index in [0.717, 1.165) is 6.42 Å². The number of nitrogens with two attached hydrogens (primary N) is 1. The molecule has 4 heteroatoms. The van der Waals surface area contributed by atoms with Crippen molar-refractivity contribution in [3.8, 4) is 0 Å². The minimum absolute atomic E-state index is 0.0495. The zero-order chi connectivity index (χ0) is 14.4. The third-order valence-corrected chi connectivity index (χ3v) is 3.14. The van der Waals surface area contributed by atoms with E-state index >= 15 is 0 Å². The summed E-state index contributed by atoms with van der Waals surface area (Å²) >= 11 is 0. The molecule has 1 aromatic carbocycles. The number of hydrogen-bond acceptors (Lipinski definition) is 2. The molecule has 0 bridgehead atoms. The third kappa shape index (κ3) is 3.96. The number of hydrogen-bond donors (Lipinski definition) is 2. The van der Waals surface area contributed by atoms with Crippen LogP contribution in [0, 0.1) is 0 Å². The zero-order valence-electron chi connectivity index (χ0n) is 11.8. The van der Waals surface area contributed by atoms with E-state index in [1.807, 2.05) is 48.0 Å². The fourth-order valence-corrected chi connectivity index (χ4v) is 2.04. The molecule has 0 saturated carbocycles. The summed E-state index contributed by atoms with van der Waals surface area (Å²) in [6, 6.07) is 13.9. The molecule has 2 aromatic rings. The molecule has 4 nitrogen and oxygen atoms in total. The molecular weight excluding hydrogens is 250 g/mol. The van der Waals surface area contributed by atoms with Crippen molar-refractivity contribution in [1.82, 2.24) is 9.88 Å². The largest absolute Gasteiger partial charge is 0.351 e. The SMILES string of the molecule is CC(N)CCNC(=O)c1cccn1Cc1ccccc1. The second-order valence-corrected chi connectivity index (χ2v) is 5.03. The summed E-state index contributed by atoms with van der Waals surface area (Å²) in [5, 5.41) is 2.90. The first-order chi connectivity index (χ1) is 9.66. The van der Waals surface area contributed by atoms with Gasteiger partial charge in [-0.25, -0.2) is 0 Å². The topological polar surface area (TPSA) is 60.0 Å². The van der Waals surface area contributed by atoms with E-state index in [4.69, 9.17) is 5.73 Å². The van der Waals surface area contributed by atoms with E-state index in [2.05, 4.69) is 17.4 Å². The van der Waals surface area contributed by atoms with Crippen molar-refractivity contribution in [3.63, 3.8) is 0 Å². The molecule has 0 aliphatic carbocycles. The van der Waals surface area contributed by atoms with Gasteiger partial charge in [0, 0.05) is 25.3 Å². The Kier molecular flexibility index (Phi) is 4.96. The van der Waals surface area contributed by atoms with Crippen molar-refractivity contribution in [2.45, 2.75) is 25.9 Å². The standard InChI is InChI=1S/C16H21N3O/c1-13(17)9-10-18-16(20)15-8-5-11-19(15)12-14-6-3-2-4-7-14/h2-8,11,13H,9-10,12,17H2,1H3,(H,18,20). The lowest BCUT2D eigenvalue weighted by Crippen LogP contribution is -2.30. The lowest BCUT2D eigenvalue weighted by atomic mass is 10.2. The van der Waals surface area contributed by atoms with Gasteiger partial charge >= 0.3 is 0 Å². The second-order valence-electron chi connectivity index (χ2n) is 5.03. The Bertz CT molecular complexity index is 546. The van der Waals surface area contributed by atoms with Crippen LogP contribution < -0.4 is 11.1 Å². The lowest BCUT2D eigenvalue weighted by molar-refractivity contribution is 0.0944. The number of nitrogens with zero attached hydrogens (tertiary/aromatic N) is 1. The molecule has 0 radical (unpaired) electrons. The van der Waals surface area contributed by atoms with E-state index < -0.39 is 0 Å². The number of nitrogens with one attached hydrogen (secondary N) is 1. The van der Waals surface area contributed by atoms with Crippen LogP contribution in [0.1, 0.15) is 29.4 Å². The van der Waals surface area contributed by atoms with Gasteiger partial charge in [0.2, 0.25) is 0 Å². The molecule has 1 heterocycles. The van der Waals surface area contributed by atoms with Crippen molar-refractivity contribution < 1.29 is 4.79 Å². The normalized spacial score (nSPS) is 12.1. The van der Waals surface area contributed by atoms with Crippen LogP contribution in [0.15, 0.2) is 48.7 Å². The molecule has 1 amide bonds. The van der Waals surface area contributed by atoms with Crippen LogP contribution in [0.3, 0.4) is 0 Å². The molecule has 0 saturated heterocycles. The van der Waals surface area contributed by atoms with Gasteiger partial charge in [0.05, 0.1) is 0 Å². The van der Waals surface area contributed by atoms with Crippen LogP contribution in [0.25, 0.3) is 0 Å². The molecule has 1 aromatic heterocycles. The van der Waals surface area contributed by atoms with Gasteiger partial charge in [-0.1, -0.05) is 30.3 Å². The van der Waals surface area contributed by atoms with Crippen LogP contribution >= 0.6 is 0 Å². The number of benzene rings is 1. The Hall–Kier alpha value is -2.07. The van der Waals surface area contributed by atoms with Gasteiger partial charge in [-0.3, -0.25) is 4.79 Å². The first kappa shape index (κ1) is 14.3. The Morgan fingerprint density at radius 3 is 2.70 bits per heavy atom. The van der Waals surface area contributed by atoms with Crippen LogP contribution in [0.2, 0.25) is 0 Å². The Morgan fingerprint density at radius 2 is 2.00 bits per heavy atom. The van der Waals surface area contributed by atoms with Gasteiger partial charge in [-0.2, -0.15) is 0 Å². The number of rotatable bonds is 6. The lowest BCUT2D eigenvalue weighted by Gasteiger charge is -2.11. The van der Waals surface area contributed by atoms with E-state index in [1.54, 1.807) is 0 Å². The summed E-state index contributed by atoms with van der Waals surface area (Å²) in [4.78, 5) is 12.1. The average Bonchev–Trinajstić information content (AvgIpc) is 2.87. The van der Waals surface area contributed by atoms with Crippen molar-refractivity contribution in [3.05, 3.63) is 59.9 Å². The number of carbonyl (C=O) groups is 1. The zero-order valence-corrected chi connectivity index (χ0v) is 11.8. The van der Waals surface area contributed by atoms with Gasteiger partial charge in [-0.05, 0) is 31.0 Å². The van der Waals surface area contributed by atoms with Gasteiger partial charge in [0.25, 0.3) is 5.91 Å². The molecule has 1 atom stereocenters. The summed E-state index contributed by atoms with van der Waals surface area (Å²) in [5.74, 6) is -0.0495. The van der Waals surface area contributed by atoms with Crippen LogP contribution in [-0.2, 0) is 6.54 Å². The maximum absolute atomic E-state index is 12.1. The van der Waals surface area contributed by atoms with Crippen LogP contribution in [0.5, 0.6) is 0 Å². The monoisotopic (exact) mass is 271 g/mol. The number of aromatic nitrogens is 1. The second kappa shape index (κ2) is 6.91. The fourth-order valence-electron chi connectivity index (χ4n) is 2.04. The van der Waals surface area contributed by atoms with Gasteiger partial charge in [-0.15, -0.1) is 0 Å². The summed E-state index contributed by atoms with van der Waals surface area (Å²) in [6.07, 6.45) is 2.71. The fraction of sp³-hybridized carbons (Fsp3) is 0.312. The molecule has 1 unspecified atom stereocenters.